The van der Waals surface area contributed by atoms with Gasteiger partial charge in [-0.3, -0.25) is 10.1 Å². The second kappa shape index (κ2) is 6.27. The molecule has 0 aliphatic carbocycles. The average Bonchev–Trinajstić information content (AvgIpc) is 3.05. The van der Waals surface area contributed by atoms with Crippen LogP contribution in [0.2, 0.25) is 0 Å². The Morgan fingerprint density at radius 1 is 1.12 bits per heavy atom. The summed E-state index contributed by atoms with van der Waals surface area (Å²) in [4.78, 5) is 34.4. The van der Waals surface area contributed by atoms with Crippen molar-refractivity contribution in [3.05, 3.63) is 58.5 Å². The molecule has 2 N–H and O–H groups in total. The summed E-state index contributed by atoms with van der Waals surface area (Å²) in [6, 6.07) is 8.45. The van der Waals surface area contributed by atoms with Gasteiger partial charge in [0.15, 0.2) is 0 Å². The van der Waals surface area contributed by atoms with Crippen molar-refractivity contribution < 1.29 is 19.1 Å². The first kappa shape index (κ1) is 16.5. The van der Waals surface area contributed by atoms with Crippen molar-refractivity contribution in [3.63, 3.8) is 0 Å². The van der Waals surface area contributed by atoms with E-state index >= 15 is 0 Å². The number of aromatic nitrogens is 1. The monoisotopic (exact) mass is 339 g/mol. The molecule has 1 fully saturated rings. The number of ether oxygens (including phenoxy) is 1. The number of benzene rings is 1. The van der Waals surface area contributed by atoms with Crippen molar-refractivity contribution in [1.29, 1.82) is 0 Å². The number of urea groups is 1. The Balaban J connectivity index is 1.98. The lowest BCUT2D eigenvalue weighted by Gasteiger charge is -2.10. The van der Waals surface area contributed by atoms with E-state index in [1.165, 1.54) is 7.11 Å². The summed E-state index contributed by atoms with van der Waals surface area (Å²) in [5.41, 5.74) is 4.26. The van der Waals surface area contributed by atoms with E-state index in [-0.39, 0.29) is 11.7 Å². The largest absolute Gasteiger partial charge is 0.465 e. The molecule has 7 nitrogen and oxygen atoms in total. The molecule has 2 heterocycles. The van der Waals surface area contributed by atoms with Crippen molar-refractivity contribution in [2.45, 2.75) is 13.8 Å². The first-order chi connectivity index (χ1) is 11.9. The van der Waals surface area contributed by atoms with Crippen molar-refractivity contribution >= 4 is 24.0 Å². The summed E-state index contributed by atoms with van der Waals surface area (Å²) in [6.07, 6.45) is 1.64. The van der Waals surface area contributed by atoms with E-state index in [4.69, 9.17) is 4.74 Å². The fraction of sp³-hybridized carbons (Fsp3) is 0.167. The molecule has 2 aromatic rings. The minimum Gasteiger partial charge on any atom is -0.465 e. The zero-order valence-electron chi connectivity index (χ0n) is 14.0. The number of hydrogen-bond acceptors (Lipinski definition) is 4. The molecule has 0 saturated carbocycles. The number of methoxy groups -OCH3 is 1. The first-order valence-electron chi connectivity index (χ1n) is 7.62. The smallest absolute Gasteiger partial charge is 0.337 e. The molecule has 0 bridgehead atoms. The molecule has 1 aliphatic heterocycles. The van der Waals surface area contributed by atoms with Gasteiger partial charge in [0.1, 0.15) is 5.70 Å². The number of imide groups is 1. The number of nitrogens with one attached hydrogen (secondary N) is 2. The Kier molecular flexibility index (Phi) is 4.14. The van der Waals surface area contributed by atoms with Gasteiger partial charge < -0.3 is 14.6 Å². The number of nitrogens with zero attached hydrogens (tertiary/aromatic N) is 1. The number of rotatable bonds is 3. The van der Waals surface area contributed by atoms with Crippen LogP contribution < -0.4 is 10.6 Å². The number of hydrogen-bond donors (Lipinski definition) is 2. The van der Waals surface area contributed by atoms with Gasteiger partial charge in [-0.05, 0) is 55.8 Å². The van der Waals surface area contributed by atoms with Crippen molar-refractivity contribution in [3.8, 4) is 5.69 Å². The van der Waals surface area contributed by atoms with Crippen LogP contribution in [0.1, 0.15) is 27.3 Å². The molecule has 1 saturated heterocycles. The maximum absolute atomic E-state index is 11.7. The molecular formula is C18H17N3O4. The molecule has 25 heavy (non-hydrogen) atoms. The molecule has 7 heteroatoms. The van der Waals surface area contributed by atoms with E-state index in [0.29, 0.717) is 5.56 Å². The number of amides is 3. The third-order valence-corrected chi connectivity index (χ3v) is 4.04. The predicted molar refractivity (Wildman–Crippen MR) is 91.2 cm³/mol. The van der Waals surface area contributed by atoms with Crippen molar-refractivity contribution in [2.75, 3.05) is 7.11 Å². The standard InChI is InChI=1S/C18H17N3O4/c1-10-8-13(9-15-16(22)20-18(24)19-15)11(2)21(10)14-6-4-12(5-7-14)17(23)25-3/h4-9H,1-3H3,(H2,19,20,22,24). The van der Waals surface area contributed by atoms with E-state index in [1.54, 1.807) is 18.2 Å². The molecule has 1 aromatic carbocycles. The summed E-state index contributed by atoms with van der Waals surface area (Å²) in [6.45, 7) is 3.86. The van der Waals surface area contributed by atoms with Gasteiger partial charge in [0.2, 0.25) is 0 Å². The maximum Gasteiger partial charge on any atom is 0.337 e. The fourth-order valence-electron chi connectivity index (χ4n) is 2.83. The Labute approximate surface area is 144 Å². The Bertz CT molecular complexity index is 907. The fourth-order valence-corrected chi connectivity index (χ4v) is 2.83. The molecule has 1 aromatic heterocycles. The van der Waals surface area contributed by atoms with Crippen LogP contribution in [0.4, 0.5) is 4.79 Å². The zero-order chi connectivity index (χ0) is 18.1. The number of carbonyl (C=O) groups excluding carboxylic acids is 3. The summed E-state index contributed by atoms with van der Waals surface area (Å²) < 4.78 is 6.70. The van der Waals surface area contributed by atoms with Crippen LogP contribution >= 0.6 is 0 Å². The van der Waals surface area contributed by atoms with Crippen LogP contribution in [-0.4, -0.2) is 29.6 Å². The SMILES string of the molecule is COC(=O)c1ccc(-n2c(C)cc(C=C3NC(=O)NC3=O)c2C)cc1. The second-order valence-electron chi connectivity index (χ2n) is 5.67. The molecule has 1 aliphatic rings. The normalized spacial score (nSPS) is 15.2. The number of aryl methyl sites for hydroxylation is 1. The molecule has 128 valence electrons. The second-order valence-corrected chi connectivity index (χ2v) is 5.67. The molecule has 3 amide bonds. The highest BCUT2D eigenvalue weighted by molar-refractivity contribution is 6.14. The van der Waals surface area contributed by atoms with Crippen molar-refractivity contribution in [2.24, 2.45) is 0 Å². The highest BCUT2D eigenvalue weighted by Crippen LogP contribution is 2.23. The molecular weight excluding hydrogens is 322 g/mol. The lowest BCUT2D eigenvalue weighted by molar-refractivity contribution is -0.115. The first-order valence-corrected chi connectivity index (χ1v) is 7.62. The van der Waals surface area contributed by atoms with E-state index in [1.807, 2.05) is 36.6 Å². The van der Waals surface area contributed by atoms with Gasteiger partial charge in [0.05, 0.1) is 12.7 Å². The van der Waals surface area contributed by atoms with Gasteiger partial charge in [0.25, 0.3) is 5.91 Å². The highest BCUT2D eigenvalue weighted by atomic mass is 16.5. The lowest BCUT2D eigenvalue weighted by atomic mass is 10.2. The van der Waals surface area contributed by atoms with Crippen LogP contribution in [0.3, 0.4) is 0 Å². The minimum absolute atomic E-state index is 0.214. The van der Waals surface area contributed by atoms with E-state index in [9.17, 15) is 14.4 Å². The lowest BCUT2D eigenvalue weighted by Crippen LogP contribution is -2.22. The van der Waals surface area contributed by atoms with E-state index < -0.39 is 11.9 Å². The van der Waals surface area contributed by atoms with Crippen LogP contribution in [0, 0.1) is 13.8 Å². The molecule has 0 radical (unpaired) electrons. The highest BCUT2D eigenvalue weighted by Gasteiger charge is 2.23. The van der Waals surface area contributed by atoms with Gasteiger partial charge in [-0.15, -0.1) is 0 Å². The van der Waals surface area contributed by atoms with Crippen LogP contribution in [0.15, 0.2) is 36.0 Å². The third kappa shape index (κ3) is 3.03. The topological polar surface area (TPSA) is 89.4 Å². The summed E-state index contributed by atoms with van der Waals surface area (Å²) in [5.74, 6) is -0.835. The Hall–Kier alpha value is -3.35. The Morgan fingerprint density at radius 2 is 1.80 bits per heavy atom. The van der Waals surface area contributed by atoms with E-state index in [2.05, 4.69) is 10.6 Å². The summed E-state index contributed by atoms with van der Waals surface area (Å²) in [5, 5.41) is 4.65. The zero-order valence-corrected chi connectivity index (χ0v) is 14.0. The molecule has 0 atom stereocenters. The summed E-state index contributed by atoms with van der Waals surface area (Å²) >= 11 is 0. The maximum atomic E-state index is 11.7. The molecule has 0 spiro atoms. The third-order valence-electron chi connectivity index (χ3n) is 4.04. The van der Waals surface area contributed by atoms with Gasteiger partial charge >= 0.3 is 12.0 Å². The Morgan fingerprint density at radius 3 is 2.36 bits per heavy atom. The van der Waals surface area contributed by atoms with Crippen LogP contribution in [0.25, 0.3) is 11.8 Å². The van der Waals surface area contributed by atoms with E-state index in [0.717, 1.165) is 22.6 Å². The van der Waals surface area contributed by atoms with Gasteiger partial charge in [-0.25, -0.2) is 9.59 Å². The van der Waals surface area contributed by atoms with Gasteiger partial charge in [0, 0.05) is 17.1 Å². The van der Waals surface area contributed by atoms with Crippen molar-refractivity contribution in [1.82, 2.24) is 15.2 Å². The van der Waals surface area contributed by atoms with Gasteiger partial charge in [-0.1, -0.05) is 0 Å². The van der Waals surface area contributed by atoms with Crippen LogP contribution in [0.5, 0.6) is 0 Å². The van der Waals surface area contributed by atoms with Gasteiger partial charge in [-0.2, -0.15) is 0 Å². The number of carbonyl (C=O) groups is 3. The molecule has 3 rings (SSSR count). The predicted octanol–water partition coefficient (Wildman–Crippen LogP) is 2.06. The average molecular weight is 339 g/mol. The van der Waals surface area contributed by atoms with Crippen LogP contribution in [-0.2, 0) is 9.53 Å². The quantitative estimate of drug-likeness (QED) is 0.509. The number of esters is 1. The minimum atomic E-state index is -0.525. The summed E-state index contributed by atoms with van der Waals surface area (Å²) in [7, 11) is 1.34. The molecule has 0 unspecified atom stereocenters.